The highest BCUT2D eigenvalue weighted by Crippen LogP contribution is 2.34. The second kappa shape index (κ2) is 6.68. The van der Waals surface area contributed by atoms with E-state index in [1.165, 1.54) is 18.2 Å². The molecule has 0 aliphatic carbocycles. The van der Waals surface area contributed by atoms with Gasteiger partial charge in [0.15, 0.2) is 11.4 Å². The Balaban J connectivity index is 3.54. The first-order valence-electron chi connectivity index (χ1n) is 4.79. The van der Waals surface area contributed by atoms with Gasteiger partial charge < -0.3 is 5.32 Å². The van der Waals surface area contributed by atoms with Crippen molar-refractivity contribution in [2.45, 2.75) is 0 Å². The van der Waals surface area contributed by atoms with Crippen LogP contribution in [0.4, 0.5) is 10.1 Å². The first kappa shape index (κ1) is 15.7. The number of nitriles is 4. The Bertz CT molecular complexity index is 755. The van der Waals surface area contributed by atoms with Crippen LogP contribution in [-0.4, -0.2) is 0 Å². The quantitative estimate of drug-likeness (QED) is 0.610. The topological polar surface area (TPSA) is 107 Å². The standard InChI is InChI=1S/C12H2Br2FN5/c13-8-1-9(14)12(7(4-18)11(8)15)20-10(5-19)6(2-16)3-17/h1,20H. The first-order chi connectivity index (χ1) is 9.49. The lowest BCUT2D eigenvalue weighted by Crippen LogP contribution is -2.05. The molecule has 0 heterocycles. The molecule has 0 aliphatic rings. The van der Waals surface area contributed by atoms with E-state index in [9.17, 15) is 4.39 Å². The number of allylic oxidation sites excluding steroid dienone is 2. The molecule has 0 fully saturated rings. The van der Waals surface area contributed by atoms with Crippen molar-refractivity contribution in [3.05, 3.63) is 37.7 Å². The van der Waals surface area contributed by atoms with Crippen molar-refractivity contribution < 1.29 is 4.39 Å². The highest BCUT2D eigenvalue weighted by molar-refractivity contribution is 9.11. The van der Waals surface area contributed by atoms with E-state index in [4.69, 9.17) is 21.0 Å². The van der Waals surface area contributed by atoms with Gasteiger partial charge in [0.05, 0.1) is 10.2 Å². The molecule has 0 aromatic heterocycles. The van der Waals surface area contributed by atoms with E-state index in [0.717, 1.165) is 0 Å². The summed E-state index contributed by atoms with van der Waals surface area (Å²) in [5.41, 5.74) is -1.22. The lowest BCUT2D eigenvalue weighted by molar-refractivity contribution is 0.617. The molecule has 1 rings (SSSR count). The molecule has 5 nitrogen and oxygen atoms in total. The van der Waals surface area contributed by atoms with Crippen molar-refractivity contribution in [2.75, 3.05) is 5.32 Å². The van der Waals surface area contributed by atoms with Crippen LogP contribution in [0.15, 0.2) is 26.3 Å². The molecule has 0 spiro atoms. The summed E-state index contributed by atoms with van der Waals surface area (Å²) < 4.78 is 14.2. The number of rotatable bonds is 2. The van der Waals surface area contributed by atoms with Crippen molar-refractivity contribution >= 4 is 37.5 Å². The first-order valence-corrected chi connectivity index (χ1v) is 6.37. The normalized spacial score (nSPS) is 8.55. The average Bonchev–Trinajstić information content (AvgIpc) is 2.44. The third kappa shape index (κ3) is 2.95. The van der Waals surface area contributed by atoms with Crippen LogP contribution in [0.2, 0.25) is 0 Å². The van der Waals surface area contributed by atoms with Crippen molar-refractivity contribution in [3.8, 4) is 24.3 Å². The summed E-state index contributed by atoms with van der Waals surface area (Å²) in [6.07, 6.45) is 0. The second-order valence-corrected chi connectivity index (χ2v) is 4.94. The number of nitrogens with one attached hydrogen (secondary N) is 1. The Hall–Kier alpha value is -2.39. The van der Waals surface area contributed by atoms with Gasteiger partial charge in [-0.25, -0.2) is 4.39 Å². The van der Waals surface area contributed by atoms with E-state index in [1.807, 2.05) is 0 Å². The zero-order valence-corrected chi connectivity index (χ0v) is 12.7. The minimum Gasteiger partial charge on any atom is -0.343 e. The number of hydrogen-bond donors (Lipinski definition) is 1. The van der Waals surface area contributed by atoms with E-state index in [0.29, 0.717) is 4.47 Å². The fraction of sp³-hybridized carbons (Fsp3) is 0. The molecule has 8 heteroatoms. The van der Waals surface area contributed by atoms with E-state index in [1.54, 1.807) is 12.1 Å². The number of hydrogen-bond acceptors (Lipinski definition) is 5. The zero-order valence-electron chi connectivity index (χ0n) is 9.50. The van der Waals surface area contributed by atoms with Gasteiger partial charge in [-0.2, -0.15) is 21.0 Å². The largest absolute Gasteiger partial charge is 0.343 e. The van der Waals surface area contributed by atoms with Gasteiger partial charge >= 0.3 is 0 Å². The van der Waals surface area contributed by atoms with Crippen molar-refractivity contribution in [1.82, 2.24) is 0 Å². The molecule has 0 atom stereocenters. The SMILES string of the molecule is N#CC(C#N)=C(C#N)Nc1c(Br)cc(Br)c(F)c1C#N. The lowest BCUT2D eigenvalue weighted by atomic mass is 10.1. The Morgan fingerprint density at radius 1 is 1.05 bits per heavy atom. The summed E-state index contributed by atoms with van der Waals surface area (Å²) in [5, 5.41) is 37.8. The fourth-order valence-corrected chi connectivity index (χ4v) is 2.49. The molecule has 1 N–H and O–H groups in total. The van der Waals surface area contributed by atoms with Crippen LogP contribution >= 0.6 is 31.9 Å². The maximum Gasteiger partial charge on any atom is 0.163 e. The predicted octanol–water partition coefficient (Wildman–Crippen LogP) is 3.46. The van der Waals surface area contributed by atoms with Gasteiger partial charge in [0.1, 0.15) is 35.5 Å². The van der Waals surface area contributed by atoms with Crippen LogP contribution in [0.3, 0.4) is 0 Å². The highest BCUT2D eigenvalue weighted by atomic mass is 79.9. The van der Waals surface area contributed by atoms with Crippen LogP contribution in [0.25, 0.3) is 0 Å². The molecular weight excluding hydrogens is 393 g/mol. The summed E-state index contributed by atoms with van der Waals surface area (Å²) in [7, 11) is 0. The third-order valence-electron chi connectivity index (χ3n) is 2.12. The van der Waals surface area contributed by atoms with Crippen LogP contribution < -0.4 is 5.32 Å². The van der Waals surface area contributed by atoms with Crippen molar-refractivity contribution in [1.29, 1.82) is 21.0 Å². The Labute approximate surface area is 130 Å². The smallest absolute Gasteiger partial charge is 0.163 e. The summed E-state index contributed by atoms with van der Waals surface area (Å²) in [6, 6.07) is 7.69. The lowest BCUT2D eigenvalue weighted by Gasteiger charge is -2.11. The van der Waals surface area contributed by atoms with Crippen LogP contribution in [0, 0.1) is 51.1 Å². The van der Waals surface area contributed by atoms with E-state index in [2.05, 4.69) is 37.2 Å². The monoisotopic (exact) mass is 393 g/mol. The fourth-order valence-electron chi connectivity index (χ4n) is 1.23. The van der Waals surface area contributed by atoms with E-state index >= 15 is 0 Å². The molecule has 20 heavy (non-hydrogen) atoms. The number of benzene rings is 1. The predicted molar refractivity (Wildman–Crippen MR) is 74.0 cm³/mol. The number of anilines is 1. The number of halogens is 3. The molecule has 0 aliphatic heterocycles. The van der Waals surface area contributed by atoms with Gasteiger partial charge in [-0.05, 0) is 37.9 Å². The molecule has 1 aromatic carbocycles. The minimum atomic E-state index is -0.814. The molecule has 0 saturated carbocycles. The van der Waals surface area contributed by atoms with E-state index < -0.39 is 11.4 Å². The van der Waals surface area contributed by atoms with Crippen LogP contribution in [0.1, 0.15) is 5.56 Å². The zero-order chi connectivity index (χ0) is 15.3. The summed E-state index contributed by atoms with van der Waals surface area (Å²) in [5.74, 6) is -0.814. The Morgan fingerprint density at radius 2 is 1.65 bits per heavy atom. The second-order valence-electron chi connectivity index (χ2n) is 3.23. The Morgan fingerprint density at radius 3 is 2.10 bits per heavy atom. The van der Waals surface area contributed by atoms with Gasteiger partial charge in [-0.1, -0.05) is 0 Å². The summed E-state index contributed by atoms with van der Waals surface area (Å²) >= 11 is 6.06. The maximum absolute atomic E-state index is 13.8. The van der Waals surface area contributed by atoms with Gasteiger partial charge in [0.2, 0.25) is 0 Å². The molecule has 0 saturated heterocycles. The van der Waals surface area contributed by atoms with Gasteiger partial charge in [-0.15, -0.1) is 0 Å². The van der Waals surface area contributed by atoms with Crippen molar-refractivity contribution in [2.24, 2.45) is 0 Å². The van der Waals surface area contributed by atoms with Gasteiger partial charge in [0, 0.05) is 4.47 Å². The molecule has 0 bridgehead atoms. The third-order valence-corrected chi connectivity index (χ3v) is 3.32. The molecule has 0 amide bonds. The molecule has 0 radical (unpaired) electrons. The van der Waals surface area contributed by atoms with Crippen LogP contribution in [0.5, 0.6) is 0 Å². The van der Waals surface area contributed by atoms with Gasteiger partial charge in [0.25, 0.3) is 0 Å². The number of nitrogens with zero attached hydrogens (tertiary/aromatic N) is 4. The van der Waals surface area contributed by atoms with Gasteiger partial charge in [-0.3, -0.25) is 0 Å². The van der Waals surface area contributed by atoms with Crippen LogP contribution in [-0.2, 0) is 0 Å². The Kier molecular flexibility index (Phi) is 5.23. The molecule has 96 valence electrons. The van der Waals surface area contributed by atoms with Crippen molar-refractivity contribution in [3.63, 3.8) is 0 Å². The highest BCUT2D eigenvalue weighted by Gasteiger charge is 2.18. The van der Waals surface area contributed by atoms with E-state index in [-0.39, 0.29) is 21.4 Å². The minimum absolute atomic E-state index is 0.0345. The molecule has 1 aromatic rings. The molecule has 0 unspecified atom stereocenters. The molecular formula is C12H2Br2FN5. The summed E-state index contributed by atoms with van der Waals surface area (Å²) in [6.45, 7) is 0. The average molecular weight is 395 g/mol. The summed E-state index contributed by atoms with van der Waals surface area (Å²) in [4.78, 5) is 0. The maximum atomic E-state index is 13.8.